The van der Waals surface area contributed by atoms with Crippen molar-refractivity contribution in [3.8, 4) is 5.75 Å². The molecule has 0 amide bonds. The molecule has 0 N–H and O–H groups in total. The number of nitrogens with zero attached hydrogens (tertiary/aromatic N) is 1. The Morgan fingerprint density at radius 2 is 1.92 bits per heavy atom. The molecule has 25 heavy (non-hydrogen) atoms. The van der Waals surface area contributed by atoms with Gasteiger partial charge in [0.15, 0.2) is 5.75 Å². The van der Waals surface area contributed by atoms with Crippen LogP contribution in [0.15, 0.2) is 17.1 Å². The van der Waals surface area contributed by atoms with Crippen molar-refractivity contribution in [2.75, 3.05) is 20.3 Å². The molecule has 8 nitrogen and oxygen atoms in total. The topological polar surface area (TPSA) is 101 Å². The van der Waals surface area contributed by atoms with Crippen LogP contribution in [-0.4, -0.2) is 44.8 Å². The van der Waals surface area contributed by atoms with Crippen LogP contribution < -0.4 is 9.74 Å². The first-order valence-corrected chi connectivity index (χ1v) is 8.40. The molecule has 2 heterocycles. The number of carbonyl (C=O) groups is 1. The zero-order chi connectivity index (χ0) is 18.8. The summed E-state index contributed by atoms with van der Waals surface area (Å²) in [4.78, 5) is 23.9. The first kappa shape index (κ1) is 19.2. The van der Waals surface area contributed by atoms with Gasteiger partial charge in [-0.2, -0.15) is 21.6 Å². The summed E-state index contributed by atoms with van der Waals surface area (Å²) in [6, 6.07) is 0.170. The Kier molecular flexibility index (Phi) is 5.42. The smallest absolute Gasteiger partial charge is 0.465 e. The van der Waals surface area contributed by atoms with Crippen LogP contribution in [0.5, 0.6) is 5.75 Å². The highest BCUT2D eigenvalue weighted by atomic mass is 32.2. The maximum atomic E-state index is 12.5. The molecule has 2 rings (SSSR count). The van der Waals surface area contributed by atoms with Gasteiger partial charge in [-0.05, 0) is 12.8 Å². The molecule has 0 radical (unpaired) electrons. The molecule has 1 fully saturated rings. The molecule has 0 saturated carbocycles. The second-order valence-corrected chi connectivity index (χ2v) is 6.65. The summed E-state index contributed by atoms with van der Waals surface area (Å²) in [5.74, 6) is -2.19. The van der Waals surface area contributed by atoms with Crippen LogP contribution in [0.1, 0.15) is 29.2 Å². The molecule has 1 saturated heterocycles. The van der Waals surface area contributed by atoms with Crippen molar-refractivity contribution in [2.45, 2.75) is 24.4 Å². The Balaban J connectivity index is 2.51. The van der Waals surface area contributed by atoms with Crippen molar-refractivity contribution >= 4 is 16.1 Å². The maximum absolute atomic E-state index is 12.5. The van der Waals surface area contributed by atoms with Gasteiger partial charge in [-0.3, -0.25) is 4.79 Å². The first-order valence-electron chi connectivity index (χ1n) is 7.00. The van der Waals surface area contributed by atoms with E-state index in [2.05, 4.69) is 8.92 Å². The highest BCUT2D eigenvalue weighted by Gasteiger charge is 2.49. The Morgan fingerprint density at radius 1 is 1.32 bits per heavy atom. The summed E-state index contributed by atoms with van der Waals surface area (Å²) in [5.41, 5.74) is -7.14. The van der Waals surface area contributed by atoms with E-state index in [1.165, 1.54) is 0 Å². The number of aromatic nitrogens is 1. The number of pyridine rings is 1. The lowest BCUT2D eigenvalue weighted by Crippen LogP contribution is -2.32. The quantitative estimate of drug-likeness (QED) is 0.436. The van der Waals surface area contributed by atoms with Crippen molar-refractivity contribution < 1.29 is 40.0 Å². The fourth-order valence-corrected chi connectivity index (χ4v) is 2.75. The number of methoxy groups -OCH3 is 1. The Morgan fingerprint density at radius 3 is 2.44 bits per heavy atom. The summed E-state index contributed by atoms with van der Waals surface area (Å²) in [7, 11) is -5.09. The van der Waals surface area contributed by atoms with E-state index in [9.17, 15) is 31.2 Å². The average Bonchev–Trinajstić information content (AvgIpc) is 2.53. The van der Waals surface area contributed by atoms with Gasteiger partial charge in [0.1, 0.15) is 5.56 Å². The minimum absolute atomic E-state index is 0.349. The minimum atomic E-state index is -6.05. The number of rotatable bonds is 4. The van der Waals surface area contributed by atoms with Gasteiger partial charge in [-0.15, -0.1) is 0 Å². The van der Waals surface area contributed by atoms with Crippen LogP contribution in [0.4, 0.5) is 13.2 Å². The second kappa shape index (κ2) is 7.04. The van der Waals surface area contributed by atoms with Crippen LogP contribution in [0.2, 0.25) is 0 Å². The van der Waals surface area contributed by atoms with Crippen molar-refractivity contribution in [2.24, 2.45) is 0 Å². The number of alkyl halides is 3. The molecule has 12 heteroatoms. The molecule has 0 bridgehead atoms. The fraction of sp³-hybridized carbons (Fsp3) is 0.538. The van der Waals surface area contributed by atoms with Gasteiger partial charge in [0, 0.05) is 31.5 Å². The molecule has 0 atom stereocenters. The third-order valence-corrected chi connectivity index (χ3v) is 4.48. The van der Waals surface area contributed by atoms with Crippen molar-refractivity contribution in [3.05, 3.63) is 28.2 Å². The fourth-order valence-electron chi connectivity index (χ4n) is 2.28. The summed E-state index contributed by atoms with van der Waals surface area (Å²) in [6.45, 7) is 0.733. The van der Waals surface area contributed by atoms with Crippen LogP contribution >= 0.6 is 0 Å². The standard InChI is InChI=1S/C13H14F3NO7S/c1-22-12(19)9-7-17(8-2-4-23-5-3-8)11(18)6-10(9)24-25(20,21)13(14,15)16/h6-8H,2-5H2,1H3. The molecule has 1 aliphatic rings. The summed E-state index contributed by atoms with van der Waals surface area (Å²) in [5, 5.41) is 0. The van der Waals surface area contributed by atoms with Gasteiger partial charge in [-0.25, -0.2) is 4.79 Å². The van der Waals surface area contributed by atoms with Gasteiger partial charge < -0.3 is 18.2 Å². The molecule has 140 valence electrons. The number of carbonyl (C=O) groups excluding carboxylic acids is 1. The predicted octanol–water partition coefficient (Wildman–Crippen LogP) is 1.21. The Hall–Kier alpha value is -2.08. The lowest BCUT2D eigenvalue weighted by molar-refractivity contribution is -0.0500. The second-order valence-electron chi connectivity index (χ2n) is 5.12. The number of ether oxygens (including phenoxy) is 2. The molecule has 0 aromatic carbocycles. The summed E-state index contributed by atoms with van der Waals surface area (Å²) < 4.78 is 74.4. The highest BCUT2D eigenvalue weighted by Crippen LogP contribution is 2.29. The van der Waals surface area contributed by atoms with Gasteiger partial charge in [-0.1, -0.05) is 0 Å². The third-order valence-electron chi connectivity index (χ3n) is 3.52. The van der Waals surface area contributed by atoms with E-state index < -0.39 is 38.5 Å². The molecule has 1 aromatic heterocycles. The normalized spacial score (nSPS) is 16.5. The number of hydrogen-bond donors (Lipinski definition) is 0. The van der Waals surface area contributed by atoms with Crippen LogP contribution in [0.3, 0.4) is 0 Å². The molecular formula is C13H14F3NO7S. The van der Waals surface area contributed by atoms with E-state index in [0.717, 1.165) is 17.9 Å². The third kappa shape index (κ3) is 4.12. The minimum Gasteiger partial charge on any atom is -0.465 e. The summed E-state index contributed by atoms with van der Waals surface area (Å²) >= 11 is 0. The number of esters is 1. The van der Waals surface area contributed by atoms with Crippen molar-refractivity contribution in [1.82, 2.24) is 4.57 Å². The zero-order valence-electron chi connectivity index (χ0n) is 12.9. The average molecular weight is 385 g/mol. The van der Waals surface area contributed by atoms with E-state index >= 15 is 0 Å². The zero-order valence-corrected chi connectivity index (χ0v) is 13.7. The van der Waals surface area contributed by atoms with E-state index in [-0.39, 0.29) is 6.04 Å². The van der Waals surface area contributed by atoms with E-state index in [1.807, 2.05) is 0 Å². The van der Waals surface area contributed by atoms with Crippen LogP contribution in [0.25, 0.3) is 0 Å². The van der Waals surface area contributed by atoms with Gasteiger partial charge in [0.05, 0.1) is 7.11 Å². The van der Waals surface area contributed by atoms with Gasteiger partial charge in [0.25, 0.3) is 5.56 Å². The Bertz CT molecular complexity index is 810. The molecule has 0 aliphatic carbocycles. The van der Waals surface area contributed by atoms with Crippen molar-refractivity contribution in [3.63, 3.8) is 0 Å². The Labute approximate surface area is 140 Å². The molecule has 1 aromatic rings. The lowest BCUT2D eigenvalue weighted by Gasteiger charge is -2.25. The molecule has 0 spiro atoms. The highest BCUT2D eigenvalue weighted by molar-refractivity contribution is 7.88. The van der Waals surface area contributed by atoms with Crippen LogP contribution in [-0.2, 0) is 19.6 Å². The molecule has 1 aliphatic heterocycles. The number of halogens is 3. The maximum Gasteiger partial charge on any atom is 0.534 e. The number of hydrogen-bond acceptors (Lipinski definition) is 7. The monoisotopic (exact) mass is 385 g/mol. The molecule has 0 unspecified atom stereocenters. The van der Waals surface area contributed by atoms with E-state index in [1.54, 1.807) is 0 Å². The van der Waals surface area contributed by atoms with Gasteiger partial charge in [0.2, 0.25) is 0 Å². The summed E-state index contributed by atoms with van der Waals surface area (Å²) in [6.07, 6.45) is 1.83. The predicted molar refractivity (Wildman–Crippen MR) is 76.7 cm³/mol. The SMILES string of the molecule is COC(=O)c1cn(C2CCOCC2)c(=O)cc1OS(=O)(=O)C(F)(F)F. The molecular weight excluding hydrogens is 371 g/mol. The first-order chi connectivity index (χ1) is 11.6. The van der Waals surface area contributed by atoms with E-state index in [0.29, 0.717) is 32.1 Å². The van der Waals surface area contributed by atoms with Crippen molar-refractivity contribution in [1.29, 1.82) is 0 Å². The van der Waals surface area contributed by atoms with Crippen LogP contribution in [0, 0.1) is 0 Å². The largest absolute Gasteiger partial charge is 0.534 e. The van der Waals surface area contributed by atoms with Gasteiger partial charge >= 0.3 is 21.6 Å². The van der Waals surface area contributed by atoms with E-state index in [4.69, 9.17) is 4.74 Å². The lowest BCUT2D eigenvalue weighted by atomic mass is 10.1.